The Morgan fingerprint density at radius 2 is 1.61 bits per heavy atom. The van der Waals surface area contributed by atoms with E-state index in [-0.39, 0.29) is 11.2 Å². The molecule has 1 fully saturated rings. The van der Waals surface area contributed by atoms with E-state index in [9.17, 15) is 0 Å². The lowest BCUT2D eigenvalue weighted by Gasteiger charge is -2.32. The van der Waals surface area contributed by atoms with Crippen molar-refractivity contribution in [3.05, 3.63) is 27.2 Å². The van der Waals surface area contributed by atoms with Crippen LogP contribution in [0.4, 0.5) is 0 Å². The smallest absolute Gasteiger partial charge is 0.399 e. The minimum atomic E-state index is -0.408. The first-order valence-corrected chi connectivity index (χ1v) is 7.12. The van der Waals surface area contributed by atoms with Crippen LogP contribution in [-0.4, -0.2) is 18.3 Å². The Bertz CT molecular complexity index is 472. The highest BCUT2D eigenvalue weighted by Crippen LogP contribution is 2.37. The molecule has 0 N–H and O–H groups in total. The average molecular weight is 331 g/mol. The van der Waals surface area contributed by atoms with Gasteiger partial charge in [0.2, 0.25) is 0 Å². The minimum Gasteiger partial charge on any atom is -0.399 e. The third kappa shape index (κ3) is 2.36. The van der Waals surface area contributed by atoms with E-state index in [1.165, 1.54) is 0 Å². The molecule has 0 aromatic heterocycles. The summed E-state index contributed by atoms with van der Waals surface area (Å²) in [6, 6.07) is 3.89. The monoisotopic (exact) mass is 330 g/mol. The number of halogens is 2. The van der Waals surface area contributed by atoms with Crippen molar-refractivity contribution in [1.82, 2.24) is 0 Å². The topological polar surface area (TPSA) is 18.5 Å². The van der Waals surface area contributed by atoms with Crippen LogP contribution in [0.15, 0.2) is 16.6 Å². The molecule has 18 heavy (non-hydrogen) atoms. The molecule has 0 unspecified atom stereocenters. The molecule has 2 rings (SSSR count). The molecule has 1 heterocycles. The fraction of sp³-hybridized carbons (Fsp3) is 0.538. The summed E-state index contributed by atoms with van der Waals surface area (Å²) < 4.78 is 13.0. The van der Waals surface area contributed by atoms with E-state index < -0.39 is 7.12 Å². The van der Waals surface area contributed by atoms with Crippen LogP contribution >= 0.6 is 27.5 Å². The summed E-state index contributed by atoms with van der Waals surface area (Å²) >= 11 is 9.75. The van der Waals surface area contributed by atoms with Crippen LogP contribution in [0.25, 0.3) is 0 Å². The first-order valence-electron chi connectivity index (χ1n) is 5.95. The normalized spacial score (nSPS) is 21.4. The maximum Gasteiger partial charge on any atom is 0.496 e. The molecule has 2 nitrogen and oxygen atoms in total. The summed E-state index contributed by atoms with van der Waals surface area (Å²) in [7, 11) is -0.408. The molecule has 1 saturated heterocycles. The fourth-order valence-electron chi connectivity index (χ4n) is 1.83. The lowest BCUT2D eigenvalue weighted by molar-refractivity contribution is 0.00578. The maximum absolute atomic E-state index is 6.28. The average Bonchev–Trinajstić information content (AvgIpc) is 2.42. The van der Waals surface area contributed by atoms with E-state index in [0.29, 0.717) is 5.02 Å². The zero-order valence-corrected chi connectivity index (χ0v) is 13.6. The highest BCUT2D eigenvalue weighted by atomic mass is 79.9. The van der Waals surface area contributed by atoms with Gasteiger partial charge in [-0.1, -0.05) is 33.6 Å². The van der Waals surface area contributed by atoms with Crippen molar-refractivity contribution in [2.45, 2.75) is 45.8 Å². The summed E-state index contributed by atoms with van der Waals surface area (Å²) in [4.78, 5) is 0. The molecule has 0 aliphatic carbocycles. The van der Waals surface area contributed by atoms with Crippen molar-refractivity contribution in [3.63, 3.8) is 0 Å². The van der Waals surface area contributed by atoms with E-state index in [2.05, 4.69) is 15.9 Å². The molecule has 0 amide bonds. The van der Waals surface area contributed by atoms with Gasteiger partial charge in [0.15, 0.2) is 0 Å². The predicted octanol–water partition coefficient (Wildman–Crippen LogP) is 3.71. The van der Waals surface area contributed by atoms with Crippen LogP contribution in [0, 0.1) is 6.92 Å². The van der Waals surface area contributed by atoms with Crippen molar-refractivity contribution in [2.75, 3.05) is 0 Å². The molecule has 98 valence electrons. The lowest BCUT2D eigenvalue weighted by atomic mass is 9.78. The van der Waals surface area contributed by atoms with Gasteiger partial charge in [0, 0.05) is 15.0 Å². The summed E-state index contributed by atoms with van der Waals surface area (Å²) in [5, 5.41) is 0.658. The van der Waals surface area contributed by atoms with Gasteiger partial charge in [-0.2, -0.15) is 0 Å². The van der Waals surface area contributed by atoms with Crippen molar-refractivity contribution in [3.8, 4) is 0 Å². The second-order valence-electron chi connectivity index (χ2n) is 5.71. The maximum atomic E-state index is 6.28. The van der Waals surface area contributed by atoms with E-state index in [0.717, 1.165) is 15.5 Å². The van der Waals surface area contributed by atoms with Crippen molar-refractivity contribution in [1.29, 1.82) is 0 Å². The summed E-state index contributed by atoms with van der Waals surface area (Å²) in [5.74, 6) is 0. The Labute approximate surface area is 122 Å². The molecule has 0 radical (unpaired) electrons. The molecule has 0 atom stereocenters. The Morgan fingerprint density at radius 1 is 1.11 bits per heavy atom. The van der Waals surface area contributed by atoms with Gasteiger partial charge >= 0.3 is 7.12 Å². The lowest BCUT2D eigenvalue weighted by Crippen LogP contribution is -2.41. The molecule has 0 saturated carbocycles. The van der Waals surface area contributed by atoms with E-state index in [1.807, 2.05) is 46.8 Å². The number of benzene rings is 1. The van der Waals surface area contributed by atoms with Gasteiger partial charge in [-0.15, -0.1) is 0 Å². The summed E-state index contributed by atoms with van der Waals surface area (Å²) in [5.41, 5.74) is 1.31. The summed E-state index contributed by atoms with van der Waals surface area (Å²) in [6.45, 7) is 10.2. The number of rotatable bonds is 1. The number of hydrogen-bond acceptors (Lipinski definition) is 2. The van der Waals surface area contributed by atoms with Crippen LogP contribution in [-0.2, 0) is 9.31 Å². The Kier molecular flexibility index (Phi) is 3.61. The molecular formula is C13H17BBrClO2. The predicted molar refractivity (Wildman–Crippen MR) is 79.6 cm³/mol. The first kappa shape index (κ1) is 14.4. The fourth-order valence-corrected chi connectivity index (χ4v) is 2.56. The van der Waals surface area contributed by atoms with Crippen LogP contribution in [0.3, 0.4) is 0 Å². The highest BCUT2D eigenvalue weighted by molar-refractivity contribution is 9.10. The van der Waals surface area contributed by atoms with E-state index >= 15 is 0 Å². The van der Waals surface area contributed by atoms with Crippen LogP contribution in [0.2, 0.25) is 5.02 Å². The van der Waals surface area contributed by atoms with Gasteiger partial charge in [-0.05, 0) is 46.2 Å². The van der Waals surface area contributed by atoms with Gasteiger partial charge in [0.25, 0.3) is 0 Å². The van der Waals surface area contributed by atoms with Crippen molar-refractivity contribution in [2.24, 2.45) is 0 Å². The van der Waals surface area contributed by atoms with Gasteiger partial charge < -0.3 is 9.31 Å². The number of aryl methyl sites for hydroxylation is 1. The van der Waals surface area contributed by atoms with Gasteiger partial charge in [-0.3, -0.25) is 0 Å². The van der Waals surface area contributed by atoms with Crippen LogP contribution < -0.4 is 5.46 Å². The number of hydrogen-bond donors (Lipinski definition) is 0. The van der Waals surface area contributed by atoms with Gasteiger partial charge in [0.1, 0.15) is 0 Å². The quantitative estimate of drug-likeness (QED) is 0.731. The molecular weight excluding hydrogens is 314 g/mol. The Morgan fingerprint density at radius 3 is 2.11 bits per heavy atom. The van der Waals surface area contributed by atoms with E-state index in [4.69, 9.17) is 20.9 Å². The third-order valence-electron chi connectivity index (χ3n) is 3.79. The standard InChI is InChI=1S/C13H17BBrClO2/c1-8-6-9(11(16)7-10(8)15)14-17-12(2,3)13(4,5)18-14/h6-7H,1-5H3. The molecule has 1 aliphatic heterocycles. The SMILES string of the molecule is Cc1cc(B2OC(C)(C)C(C)(C)O2)c(Cl)cc1Br. The largest absolute Gasteiger partial charge is 0.496 e. The molecule has 1 aliphatic rings. The Hall–Kier alpha value is -0.0251. The van der Waals surface area contributed by atoms with Crippen molar-refractivity contribution < 1.29 is 9.31 Å². The zero-order valence-electron chi connectivity index (χ0n) is 11.3. The second-order valence-corrected chi connectivity index (χ2v) is 6.97. The van der Waals surface area contributed by atoms with Crippen LogP contribution in [0.5, 0.6) is 0 Å². The van der Waals surface area contributed by atoms with Gasteiger partial charge in [0.05, 0.1) is 11.2 Å². The first-order chi connectivity index (χ1) is 8.14. The second kappa shape index (κ2) is 4.52. The minimum absolute atomic E-state index is 0.345. The highest BCUT2D eigenvalue weighted by Gasteiger charge is 2.52. The van der Waals surface area contributed by atoms with E-state index in [1.54, 1.807) is 0 Å². The third-order valence-corrected chi connectivity index (χ3v) is 4.97. The Balaban J connectivity index is 2.38. The molecule has 0 bridgehead atoms. The summed E-state index contributed by atoms with van der Waals surface area (Å²) in [6.07, 6.45) is 0. The molecule has 5 heteroatoms. The van der Waals surface area contributed by atoms with Gasteiger partial charge in [-0.25, -0.2) is 0 Å². The van der Waals surface area contributed by atoms with Crippen LogP contribution in [0.1, 0.15) is 33.3 Å². The molecule has 0 spiro atoms. The molecule has 1 aromatic carbocycles. The van der Waals surface area contributed by atoms with Crippen molar-refractivity contribution >= 4 is 40.1 Å². The zero-order chi connectivity index (χ0) is 13.7. The molecule has 1 aromatic rings.